The van der Waals surface area contributed by atoms with Crippen LogP contribution in [-0.2, 0) is 4.79 Å². The zero-order valence-corrected chi connectivity index (χ0v) is 11.5. The monoisotopic (exact) mass is 235 g/mol. The maximum atomic E-state index is 12.0. The molecule has 0 aliphatic rings. The first-order valence-corrected chi connectivity index (χ1v) is 5.83. The fourth-order valence-electron chi connectivity index (χ4n) is 1.40. The third-order valence-corrected chi connectivity index (χ3v) is 2.57. The number of carbonyl (C=O) groups excluding carboxylic acids is 1. The summed E-state index contributed by atoms with van der Waals surface area (Å²) in [5, 5.41) is 0. The van der Waals surface area contributed by atoms with E-state index in [0.717, 1.165) is 5.56 Å². The van der Waals surface area contributed by atoms with E-state index in [-0.39, 0.29) is 5.91 Å². The smallest absolute Gasteiger partial charge is 0.234 e. The molecular weight excluding hydrogens is 214 g/mol. The summed E-state index contributed by atoms with van der Waals surface area (Å²) in [6.45, 7) is 9.82. The van der Waals surface area contributed by atoms with Crippen molar-refractivity contribution in [1.29, 1.82) is 0 Å². The molecule has 1 aromatic rings. The van der Waals surface area contributed by atoms with Gasteiger partial charge in [0.15, 0.2) is 0 Å². The molecule has 0 N–H and O–H groups in total. The first kappa shape index (κ1) is 13.6. The third-order valence-electron chi connectivity index (χ3n) is 2.57. The molecule has 0 radical (unpaired) electrons. The molecular formula is C13H21N3O. The summed E-state index contributed by atoms with van der Waals surface area (Å²) in [7, 11) is 1.71. The maximum Gasteiger partial charge on any atom is 0.234 e. The van der Waals surface area contributed by atoms with Gasteiger partial charge >= 0.3 is 0 Å². The van der Waals surface area contributed by atoms with Gasteiger partial charge in [-0.25, -0.2) is 9.97 Å². The van der Waals surface area contributed by atoms with Crippen LogP contribution in [0.25, 0.3) is 0 Å². The molecule has 0 saturated carbocycles. The molecule has 4 heteroatoms. The summed E-state index contributed by atoms with van der Waals surface area (Å²) in [5.41, 5.74) is 0.653. The fraction of sp³-hybridized carbons (Fsp3) is 0.615. The van der Waals surface area contributed by atoms with Crippen molar-refractivity contribution < 1.29 is 4.79 Å². The molecule has 1 amide bonds. The van der Waals surface area contributed by atoms with Gasteiger partial charge in [-0.3, -0.25) is 9.69 Å². The number of amides is 1. The van der Waals surface area contributed by atoms with Gasteiger partial charge in [-0.15, -0.1) is 0 Å². The Balaban J connectivity index is 2.91. The predicted octanol–water partition coefficient (Wildman–Crippen LogP) is 2.61. The topological polar surface area (TPSA) is 46.1 Å². The second kappa shape index (κ2) is 4.82. The molecule has 4 nitrogen and oxygen atoms in total. The van der Waals surface area contributed by atoms with Crippen molar-refractivity contribution in [3.8, 4) is 0 Å². The van der Waals surface area contributed by atoms with Gasteiger partial charge < -0.3 is 0 Å². The van der Waals surface area contributed by atoms with Crippen LogP contribution >= 0.6 is 0 Å². The van der Waals surface area contributed by atoms with Crippen molar-refractivity contribution in [2.45, 2.75) is 40.5 Å². The third kappa shape index (κ3) is 3.25. The summed E-state index contributed by atoms with van der Waals surface area (Å²) >= 11 is 0. The average Bonchev–Trinajstić information content (AvgIpc) is 2.26. The molecule has 1 heterocycles. The Morgan fingerprint density at radius 3 is 2.06 bits per heavy atom. The highest BCUT2D eigenvalue weighted by Gasteiger charge is 2.26. The first-order valence-electron chi connectivity index (χ1n) is 5.83. The van der Waals surface area contributed by atoms with Crippen molar-refractivity contribution >= 4 is 11.9 Å². The lowest BCUT2D eigenvalue weighted by atomic mass is 9.95. The molecule has 0 atom stereocenters. The van der Waals surface area contributed by atoms with Crippen LogP contribution in [-0.4, -0.2) is 22.9 Å². The Morgan fingerprint density at radius 1 is 1.24 bits per heavy atom. The summed E-state index contributed by atoms with van der Waals surface area (Å²) in [6, 6.07) is 0. The largest absolute Gasteiger partial charge is 0.283 e. The molecule has 0 unspecified atom stereocenters. The highest BCUT2D eigenvalue weighted by molar-refractivity contribution is 5.94. The number of rotatable bonds is 2. The second-order valence-electron chi connectivity index (χ2n) is 5.59. The van der Waals surface area contributed by atoms with Gasteiger partial charge in [0.05, 0.1) is 0 Å². The van der Waals surface area contributed by atoms with E-state index in [2.05, 4.69) is 23.8 Å². The highest BCUT2D eigenvalue weighted by atomic mass is 16.2. The summed E-state index contributed by atoms with van der Waals surface area (Å²) < 4.78 is 0. The Bertz CT molecular complexity index is 390. The van der Waals surface area contributed by atoms with Gasteiger partial charge in [-0.05, 0) is 11.5 Å². The van der Waals surface area contributed by atoms with E-state index in [0.29, 0.717) is 11.9 Å². The minimum absolute atomic E-state index is 0.00907. The van der Waals surface area contributed by atoms with Crippen molar-refractivity contribution in [1.82, 2.24) is 9.97 Å². The van der Waals surface area contributed by atoms with Crippen LogP contribution in [0.2, 0.25) is 0 Å². The van der Waals surface area contributed by atoms with E-state index < -0.39 is 5.41 Å². The number of hydrogen-bond donors (Lipinski definition) is 0. The number of nitrogens with zero attached hydrogens (tertiary/aromatic N) is 3. The van der Waals surface area contributed by atoms with E-state index >= 15 is 0 Å². The standard InChI is InChI=1S/C13H21N3O/c1-9(2)10-7-14-12(15-8-10)16(6)11(17)13(3,4)5/h7-9H,1-6H3. The van der Waals surface area contributed by atoms with Gasteiger partial charge in [0.1, 0.15) is 0 Å². The minimum Gasteiger partial charge on any atom is -0.283 e. The first-order chi connectivity index (χ1) is 7.73. The molecule has 0 fully saturated rings. The number of carbonyl (C=O) groups is 1. The summed E-state index contributed by atoms with van der Waals surface area (Å²) in [6.07, 6.45) is 3.55. The Kier molecular flexibility index (Phi) is 3.86. The normalized spacial score (nSPS) is 11.7. The van der Waals surface area contributed by atoms with E-state index in [1.54, 1.807) is 19.4 Å². The van der Waals surface area contributed by atoms with E-state index in [1.807, 2.05) is 20.8 Å². The van der Waals surface area contributed by atoms with Crippen LogP contribution in [0.4, 0.5) is 5.95 Å². The quantitative estimate of drug-likeness (QED) is 0.791. The van der Waals surface area contributed by atoms with E-state index in [9.17, 15) is 4.79 Å². The molecule has 0 aliphatic carbocycles. The van der Waals surface area contributed by atoms with Gasteiger partial charge in [0.2, 0.25) is 11.9 Å². The molecule has 0 aromatic carbocycles. The highest BCUT2D eigenvalue weighted by Crippen LogP contribution is 2.20. The lowest BCUT2D eigenvalue weighted by molar-refractivity contribution is -0.125. The SMILES string of the molecule is CC(C)c1cnc(N(C)C(=O)C(C)(C)C)nc1. The molecule has 1 aromatic heterocycles. The second-order valence-corrected chi connectivity index (χ2v) is 5.59. The molecule has 0 bridgehead atoms. The zero-order valence-electron chi connectivity index (χ0n) is 11.5. The van der Waals surface area contributed by atoms with Crippen molar-refractivity contribution in [2.24, 2.45) is 5.41 Å². The zero-order chi connectivity index (χ0) is 13.2. The van der Waals surface area contributed by atoms with E-state index in [4.69, 9.17) is 0 Å². The lowest BCUT2D eigenvalue weighted by Crippen LogP contribution is -2.37. The summed E-state index contributed by atoms with van der Waals surface area (Å²) in [5.74, 6) is 0.858. The van der Waals surface area contributed by atoms with Crippen LogP contribution in [0.5, 0.6) is 0 Å². The van der Waals surface area contributed by atoms with Crippen LogP contribution in [0.15, 0.2) is 12.4 Å². The Hall–Kier alpha value is -1.45. The Morgan fingerprint density at radius 2 is 1.71 bits per heavy atom. The average molecular weight is 235 g/mol. The van der Waals surface area contributed by atoms with Crippen LogP contribution < -0.4 is 4.90 Å². The summed E-state index contributed by atoms with van der Waals surface area (Å²) in [4.78, 5) is 22.0. The van der Waals surface area contributed by atoms with E-state index in [1.165, 1.54) is 4.90 Å². The van der Waals surface area contributed by atoms with Crippen LogP contribution in [0.3, 0.4) is 0 Å². The molecule has 94 valence electrons. The molecule has 17 heavy (non-hydrogen) atoms. The number of anilines is 1. The van der Waals surface area contributed by atoms with Crippen LogP contribution in [0, 0.1) is 5.41 Å². The lowest BCUT2D eigenvalue weighted by Gasteiger charge is -2.24. The maximum absolute atomic E-state index is 12.0. The van der Waals surface area contributed by atoms with Crippen molar-refractivity contribution in [2.75, 3.05) is 11.9 Å². The molecule has 0 saturated heterocycles. The molecule has 1 rings (SSSR count). The van der Waals surface area contributed by atoms with Gasteiger partial charge in [-0.1, -0.05) is 34.6 Å². The molecule has 0 aliphatic heterocycles. The van der Waals surface area contributed by atoms with Crippen LogP contribution in [0.1, 0.15) is 46.1 Å². The van der Waals surface area contributed by atoms with Gasteiger partial charge in [0.25, 0.3) is 0 Å². The van der Waals surface area contributed by atoms with Gasteiger partial charge in [-0.2, -0.15) is 0 Å². The number of hydrogen-bond acceptors (Lipinski definition) is 3. The van der Waals surface area contributed by atoms with Gasteiger partial charge in [0, 0.05) is 24.9 Å². The minimum atomic E-state index is -0.422. The van der Waals surface area contributed by atoms with Crippen molar-refractivity contribution in [3.63, 3.8) is 0 Å². The molecule has 0 spiro atoms. The predicted molar refractivity (Wildman–Crippen MR) is 69.0 cm³/mol. The fourth-order valence-corrected chi connectivity index (χ4v) is 1.40. The number of aromatic nitrogens is 2. The Labute approximate surface area is 103 Å². The van der Waals surface area contributed by atoms with Crippen molar-refractivity contribution in [3.05, 3.63) is 18.0 Å².